The van der Waals surface area contributed by atoms with Crippen molar-refractivity contribution in [3.05, 3.63) is 70.3 Å². The third-order valence-electron chi connectivity index (χ3n) is 6.83. The van der Waals surface area contributed by atoms with Gasteiger partial charge in [0.1, 0.15) is 5.69 Å². The molecular weight excluding hydrogens is 404 g/mol. The molecular formula is C25H30N4O3. The van der Waals surface area contributed by atoms with Gasteiger partial charge in [0.15, 0.2) is 0 Å². The van der Waals surface area contributed by atoms with Crippen LogP contribution in [0.15, 0.2) is 53.3 Å². The normalized spacial score (nSPS) is 20.3. The molecule has 1 amide bonds. The smallest absolute Gasteiger partial charge is 0.267 e. The van der Waals surface area contributed by atoms with E-state index in [1.54, 1.807) is 13.2 Å². The van der Waals surface area contributed by atoms with Crippen molar-refractivity contribution in [2.45, 2.75) is 25.4 Å². The summed E-state index contributed by atoms with van der Waals surface area (Å²) in [7, 11) is 1.67. The summed E-state index contributed by atoms with van der Waals surface area (Å²) in [5.41, 5.74) is 2.99. The number of piperidine rings is 1. The van der Waals surface area contributed by atoms with Crippen molar-refractivity contribution in [2.24, 2.45) is 5.92 Å². The maximum absolute atomic E-state index is 13.0. The molecule has 3 aromatic rings. The maximum atomic E-state index is 13.0. The molecule has 7 nitrogen and oxygen atoms in total. The molecule has 0 saturated carbocycles. The fourth-order valence-corrected chi connectivity index (χ4v) is 5.42. The van der Waals surface area contributed by atoms with Crippen LogP contribution in [0.1, 0.15) is 28.5 Å². The molecule has 1 aromatic carbocycles. The van der Waals surface area contributed by atoms with Gasteiger partial charge in [-0.1, -0.05) is 24.3 Å². The molecule has 0 radical (unpaired) electrons. The van der Waals surface area contributed by atoms with E-state index >= 15 is 0 Å². The van der Waals surface area contributed by atoms with Gasteiger partial charge in [0, 0.05) is 75.0 Å². The average molecular weight is 435 g/mol. The molecule has 2 atom stereocenters. The third kappa shape index (κ3) is 3.98. The van der Waals surface area contributed by atoms with Crippen LogP contribution >= 0.6 is 0 Å². The Bertz CT molecular complexity index is 1180. The number of amides is 1. The number of carbonyl (C=O) groups is 1. The Labute approximate surface area is 187 Å². The summed E-state index contributed by atoms with van der Waals surface area (Å²) in [6.07, 6.45) is 1.14. The van der Waals surface area contributed by atoms with Crippen molar-refractivity contribution in [3.63, 3.8) is 0 Å². The van der Waals surface area contributed by atoms with E-state index < -0.39 is 0 Å². The summed E-state index contributed by atoms with van der Waals surface area (Å²) in [6.45, 7) is 5.32. The Morgan fingerprint density at radius 3 is 2.84 bits per heavy atom. The molecule has 4 heterocycles. The van der Waals surface area contributed by atoms with Crippen LogP contribution in [0.25, 0.3) is 10.9 Å². The second kappa shape index (κ2) is 8.92. The van der Waals surface area contributed by atoms with Crippen LogP contribution in [-0.4, -0.2) is 59.8 Å². The first kappa shape index (κ1) is 21.0. The van der Waals surface area contributed by atoms with Gasteiger partial charge in [-0.3, -0.25) is 9.59 Å². The zero-order valence-electron chi connectivity index (χ0n) is 18.5. The van der Waals surface area contributed by atoms with E-state index in [-0.39, 0.29) is 11.5 Å². The maximum Gasteiger partial charge on any atom is 0.267 e. The summed E-state index contributed by atoms with van der Waals surface area (Å²) in [5.74, 6) is 0.837. The van der Waals surface area contributed by atoms with Gasteiger partial charge >= 0.3 is 0 Å². The number of methoxy groups -OCH3 is 1. The van der Waals surface area contributed by atoms with E-state index in [9.17, 15) is 9.59 Å². The summed E-state index contributed by atoms with van der Waals surface area (Å²) in [5, 5.41) is 4.18. The van der Waals surface area contributed by atoms with Crippen molar-refractivity contribution < 1.29 is 9.53 Å². The van der Waals surface area contributed by atoms with E-state index in [0.717, 1.165) is 49.2 Å². The van der Waals surface area contributed by atoms with Gasteiger partial charge in [0.25, 0.3) is 11.5 Å². The highest BCUT2D eigenvalue weighted by Crippen LogP contribution is 2.34. The topological polar surface area (TPSA) is 68.5 Å². The molecule has 168 valence electrons. The number of fused-ring (bicyclic) bond motifs is 5. The number of rotatable bonds is 7. The molecule has 2 aliphatic heterocycles. The second-order valence-electron chi connectivity index (χ2n) is 8.95. The highest BCUT2D eigenvalue weighted by molar-refractivity contribution is 5.98. The lowest BCUT2D eigenvalue weighted by Crippen LogP contribution is -2.48. The molecule has 32 heavy (non-hydrogen) atoms. The van der Waals surface area contributed by atoms with E-state index in [0.29, 0.717) is 37.2 Å². The quantitative estimate of drug-likeness (QED) is 0.620. The Hall–Kier alpha value is -2.90. The molecule has 1 N–H and O–H groups in total. The molecule has 5 rings (SSSR count). The number of nitrogens with one attached hydrogen (secondary N) is 1. The molecule has 2 bridgehead atoms. The minimum Gasteiger partial charge on any atom is -0.383 e. The van der Waals surface area contributed by atoms with E-state index in [1.807, 2.05) is 45.5 Å². The first-order valence-corrected chi connectivity index (χ1v) is 11.4. The number of likely N-dealkylation sites (tertiary alicyclic amines) is 1. The lowest BCUT2D eigenvalue weighted by atomic mass is 9.83. The highest BCUT2D eigenvalue weighted by Gasteiger charge is 2.34. The lowest BCUT2D eigenvalue weighted by molar-refractivity contribution is 0.0917. The molecule has 0 unspecified atom stereocenters. The fraction of sp³-hybridized carbons (Fsp3) is 0.440. The van der Waals surface area contributed by atoms with Gasteiger partial charge in [-0.25, -0.2) is 0 Å². The van der Waals surface area contributed by atoms with Crippen molar-refractivity contribution >= 4 is 16.8 Å². The molecule has 2 aromatic heterocycles. The van der Waals surface area contributed by atoms with Gasteiger partial charge in [-0.05, 0) is 30.5 Å². The summed E-state index contributed by atoms with van der Waals surface area (Å²) >= 11 is 0. The first-order chi connectivity index (χ1) is 15.6. The Morgan fingerprint density at radius 2 is 1.97 bits per heavy atom. The lowest BCUT2D eigenvalue weighted by Gasteiger charge is -2.42. The standard InChI is InChI=1S/C25H30N4O3/c1-32-12-11-28-21-6-3-2-5-19(21)14-23(28)25(31)26-9-10-27-15-18-13-20(17-27)22-7-4-8-24(30)29(22)16-18/h2-8,14,18,20H,9-13,15-17H2,1H3,(H,26,31)/t18-,20+/m1/s1. The van der Waals surface area contributed by atoms with Crippen molar-refractivity contribution in [2.75, 3.05) is 39.9 Å². The van der Waals surface area contributed by atoms with Gasteiger partial charge in [-0.15, -0.1) is 0 Å². The van der Waals surface area contributed by atoms with Crippen LogP contribution < -0.4 is 10.9 Å². The third-order valence-corrected chi connectivity index (χ3v) is 6.83. The number of nitrogens with zero attached hydrogens (tertiary/aromatic N) is 3. The first-order valence-electron chi connectivity index (χ1n) is 11.4. The SMILES string of the molecule is COCCn1c(C(=O)NCCN2C[C@H]3C[C@@H](C2)c2cccc(=O)n2C3)cc2ccccc21. The number of carbonyl (C=O) groups excluding carboxylic acids is 1. The monoisotopic (exact) mass is 434 g/mol. The Balaban J connectivity index is 1.23. The summed E-state index contributed by atoms with van der Waals surface area (Å²) in [4.78, 5) is 27.6. The summed E-state index contributed by atoms with van der Waals surface area (Å²) in [6, 6.07) is 15.6. The molecule has 0 spiro atoms. The molecule has 0 aliphatic carbocycles. The number of aromatic nitrogens is 2. The van der Waals surface area contributed by atoms with Crippen LogP contribution in [0.2, 0.25) is 0 Å². The van der Waals surface area contributed by atoms with E-state index in [4.69, 9.17) is 4.74 Å². The molecule has 7 heteroatoms. The summed E-state index contributed by atoms with van der Waals surface area (Å²) < 4.78 is 9.24. The minimum absolute atomic E-state index is 0.0496. The van der Waals surface area contributed by atoms with E-state index in [1.165, 1.54) is 0 Å². The largest absolute Gasteiger partial charge is 0.383 e. The number of pyridine rings is 1. The van der Waals surface area contributed by atoms with E-state index in [2.05, 4.69) is 16.3 Å². The number of benzene rings is 1. The van der Waals surface area contributed by atoms with Crippen LogP contribution in [0.4, 0.5) is 0 Å². The fourth-order valence-electron chi connectivity index (χ4n) is 5.42. The number of hydrogen-bond donors (Lipinski definition) is 1. The minimum atomic E-state index is -0.0496. The predicted molar refractivity (Wildman–Crippen MR) is 124 cm³/mol. The van der Waals surface area contributed by atoms with Crippen molar-refractivity contribution in [1.82, 2.24) is 19.4 Å². The van der Waals surface area contributed by atoms with Crippen LogP contribution in [-0.2, 0) is 17.8 Å². The number of ether oxygens (including phenoxy) is 1. The van der Waals surface area contributed by atoms with Crippen LogP contribution in [0, 0.1) is 5.92 Å². The van der Waals surface area contributed by atoms with Crippen molar-refractivity contribution in [1.29, 1.82) is 0 Å². The van der Waals surface area contributed by atoms with Gasteiger partial charge in [0.05, 0.1) is 6.61 Å². The second-order valence-corrected chi connectivity index (χ2v) is 8.95. The Morgan fingerprint density at radius 1 is 1.09 bits per heavy atom. The van der Waals surface area contributed by atoms with Crippen LogP contribution in [0.5, 0.6) is 0 Å². The zero-order valence-corrected chi connectivity index (χ0v) is 18.5. The van der Waals surface area contributed by atoms with Gasteiger partial charge in [0.2, 0.25) is 0 Å². The Kier molecular flexibility index (Phi) is 5.85. The van der Waals surface area contributed by atoms with Gasteiger partial charge < -0.3 is 24.1 Å². The van der Waals surface area contributed by atoms with Gasteiger partial charge in [-0.2, -0.15) is 0 Å². The average Bonchev–Trinajstić information content (AvgIpc) is 3.17. The number of para-hydroxylation sites is 1. The number of hydrogen-bond acceptors (Lipinski definition) is 4. The molecule has 1 saturated heterocycles. The predicted octanol–water partition coefficient (Wildman–Crippen LogP) is 2.30. The highest BCUT2D eigenvalue weighted by atomic mass is 16.5. The molecule has 1 fully saturated rings. The molecule has 2 aliphatic rings. The van der Waals surface area contributed by atoms with Crippen molar-refractivity contribution in [3.8, 4) is 0 Å². The zero-order chi connectivity index (χ0) is 22.1. The van der Waals surface area contributed by atoms with Crippen LogP contribution in [0.3, 0.4) is 0 Å².